The second-order valence-electron chi connectivity index (χ2n) is 5.66. The molecule has 0 saturated heterocycles. The molecule has 114 valence electrons. The second kappa shape index (κ2) is 4.95. The van der Waals surface area contributed by atoms with Crippen LogP contribution in [0.1, 0.15) is 11.1 Å². The van der Waals surface area contributed by atoms with Crippen molar-refractivity contribution in [3.8, 4) is 22.4 Å². The third kappa shape index (κ3) is 2.40. The summed E-state index contributed by atoms with van der Waals surface area (Å²) in [6.45, 7) is 0.832. The molecular formula is C19H13F3N+. The lowest BCUT2D eigenvalue weighted by molar-refractivity contribution is -0.672. The molecule has 2 heterocycles. The fraction of sp³-hybridized carbons (Fsp3) is 0.105. The van der Waals surface area contributed by atoms with E-state index in [2.05, 4.69) is 22.8 Å². The van der Waals surface area contributed by atoms with Gasteiger partial charge in [0.15, 0.2) is 12.7 Å². The minimum absolute atomic E-state index is 0.622. The van der Waals surface area contributed by atoms with Crippen LogP contribution in [0.25, 0.3) is 22.4 Å². The molecule has 0 atom stereocenters. The van der Waals surface area contributed by atoms with Gasteiger partial charge in [0, 0.05) is 17.7 Å². The molecule has 4 rings (SSSR count). The monoisotopic (exact) mass is 312 g/mol. The normalized spacial score (nSPS) is 12.8. The van der Waals surface area contributed by atoms with E-state index in [0.29, 0.717) is 0 Å². The average Bonchev–Trinajstić information content (AvgIpc) is 2.92. The van der Waals surface area contributed by atoms with Crippen molar-refractivity contribution in [1.82, 2.24) is 0 Å². The molecule has 0 bridgehead atoms. The Bertz CT molecular complexity index is 880. The summed E-state index contributed by atoms with van der Waals surface area (Å²) in [5.41, 5.74) is 4.60. The van der Waals surface area contributed by atoms with E-state index in [4.69, 9.17) is 0 Å². The van der Waals surface area contributed by atoms with Crippen LogP contribution in [0.3, 0.4) is 0 Å². The highest BCUT2D eigenvalue weighted by Crippen LogP contribution is 2.33. The summed E-state index contributed by atoms with van der Waals surface area (Å²) >= 11 is 0. The lowest BCUT2D eigenvalue weighted by Gasteiger charge is -2.08. The van der Waals surface area contributed by atoms with Gasteiger partial charge in [0.25, 0.3) is 0 Å². The van der Waals surface area contributed by atoms with Crippen molar-refractivity contribution in [2.75, 3.05) is 0 Å². The number of hydrogen-bond donors (Lipinski definition) is 0. The number of rotatable bonds is 1. The zero-order valence-electron chi connectivity index (χ0n) is 12.1. The van der Waals surface area contributed by atoms with Crippen molar-refractivity contribution >= 4 is 0 Å². The molecule has 0 amide bonds. The summed E-state index contributed by atoms with van der Waals surface area (Å²) in [4.78, 5) is 0. The minimum Gasteiger partial charge on any atom is -0.194 e. The second-order valence-corrected chi connectivity index (χ2v) is 5.66. The van der Waals surface area contributed by atoms with Gasteiger partial charge in [-0.3, -0.25) is 0 Å². The standard InChI is InChI=1S/C19H13F3N/c20-19(21,22)16-8-6-13(7-9-16)14-4-5-15-12-23-10-2-1-3-18(23)17(15)11-14/h1-11H,12H2/q+1. The summed E-state index contributed by atoms with van der Waals surface area (Å²) < 4.78 is 40.2. The van der Waals surface area contributed by atoms with Crippen molar-refractivity contribution in [3.63, 3.8) is 0 Å². The number of fused-ring (bicyclic) bond motifs is 3. The van der Waals surface area contributed by atoms with Gasteiger partial charge in [-0.2, -0.15) is 17.7 Å². The van der Waals surface area contributed by atoms with Crippen LogP contribution in [0.2, 0.25) is 0 Å². The molecule has 0 N–H and O–H groups in total. The maximum absolute atomic E-state index is 12.7. The number of halogens is 3. The third-order valence-corrected chi connectivity index (χ3v) is 4.21. The number of hydrogen-bond acceptors (Lipinski definition) is 0. The first-order valence-electron chi connectivity index (χ1n) is 7.32. The van der Waals surface area contributed by atoms with E-state index in [-0.39, 0.29) is 0 Å². The quantitative estimate of drug-likeness (QED) is 0.449. The summed E-state index contributed by atoms with van der Waals surface area (Å²) in [5.74, 6) is 0. The van der Waals surface area contributed by atoms with Crippen molar-refractivity contribution in [1.29, 1.82) is 0 Å². The van der Waals surface area contributed by atoms with Gasteiger partial charge in [0.2, 0.25) is 5.69 Å². The molecule has 0 fully saturated rings. The van der Waals surface area contributed by atoms with E-state index in [1.54, 1.807) is 0 Å². The van der Waals surface area contributed by atoms with E-state index >= 15 is 0 Å². The van der Waals surface area contributed by atoms with E-state index in [9.17, 15) is 13.2 Å². The molecular weight excluding hydrogens is 299 g/mol. The van der Waals surface area contributed by atoms with Gasteiger partial charge in [-0.15, -0.1) is 0 Å². The number of pyridine rings is 1. The van der Waals surface area contributed by atoms with E-state index in [0.717, 1.165) is 41.1 Å². The SMILES string of the molecule is FC(F)(F)c1ccc(-c2ccc3c(c2)-c2cccc[n+]2C3)cc1. The summed E-state index contributed by atoms with van der Waals surface area (Å²) in [7, 11) is 0. The Balaban J connectivity index is 1.75. The van der Waals surface area contributed by atoms with Crippen LogP contribution in [-0.4, -0.2) is 0 Å². The first-order chi connectivity index (χ1) is 11.0. The smallest absolute Gasteiger partial charge is 0.194 e. The van der Waals surface area contributed by atoms with Crippen LogP contribution in [-0.2, 0) is 12.7 Å². The van der Waals surface area contributed by atoms with Crippen molar-refractivity contribution < 1.29 is 17.7 Å². The fourth-order valence-electron chi connectivity index (χ4n) is 3.03. The first-order valence-corrected chi connectivity index (χ1v) is 7.32. The fourth-order valence-corrected chi connectivity index (χ4v) is 3.03. The molecule has 0 saturated carbocycles. The van der Waals surface area contributed by atoms with E-state index in [1.807, 2.05) is 24.4 Å². The summed E-state index contributed by atoms with van der Waals surface area (Å²) in [6, 6.07) is 17.4. The van der Waals surface area contributed by atoms with Gasteiger partial charge >= 0.3 is 6.18 Å². The van der Waals surface area contributed by atoms with Gasteiger partial charge in [0.1, 0.15) is 0 Å². The van der Waals surface area contributed by atoms with Crippen LogP contribution in [0.15, 0.2) is 66.9 Å². The molecule has 1 aliphatic heterocycles. The van der Waals surface area contributed by atoms with E-state index in [1.165, 1.54) is 17.7 Å². The van der Waals surface area contributed by atoms with Gasteiger partial charge in [-0.05, 0) is 35.4 Å². The van der Waals surface area contributed by atoms with Crippen LogP contribution >= 0.6 is 0 Å². The molecule has 0 spiro atoms. The lowest BCUT2D eigenvalue weighted by Crippen LogP contribution is -2.31. The molecule has 1 aromatic heterocycles. The third-order valence-electron chi connectivity index (χ3n) is 4.21. The van der Waals surface area contributed by atoms with Crippen LogP contribution in [0.4, 0.5) is 13.2 Å². The van der Waals surface area contributed by atoms with Crippen molar-refractivity contribution in [2.24, 2.45) is 0 Å². The molecule has 4 heteroatoms. The number of alkyl halides is 3. The van der Waals surface area contributed by atoms with Crippen LogP contribution < -0.4 is 4.57 Å². The molecule has 1 nitrogen and oxygen atoms in total. The summed E-state index contributed by atoms with van der Waals surface area (Å²) in [6.07, 6.45) is -2.26. The van der Waals surface area contributed by atoms with E-state index < -0.39 is 11.7 Å². The Hall–Kier alpha value is -2.62. The Morgan fingerprint density at radius 1 is 0.826 bits per heavy atom. The van der Waals surface area contributed by atoms with Gasteiger partial charge in [0.05, 0.1) is 11.1 Å². The number of aromatic nitrogens is 1. The van der Waals surface area contributed by atoms with Crippen molar-refractivity contribution in [3.05, 3.63) is 78.0 Å². The zero-order valence-corrected chi connectivity index (χ0v) is 12.1. The summed E-state index contributed by atoms with van der Waals surface area (Å²) in [5, 5.41) is 0. The number of benzene rings is 2. The molecule has 0 radical (unpaired) electrons. The highest BCUT2D eigenvalue weighted by molar-refractivity contribution is 5.73. The highest BCUT2D eigenvalue weighted by Gasteiger charge is 2.30. The predicted octanol–water partition coefficient (Wildman–Crippen LogP) is 4.69. The topological polar surface area (TPSA) is 3.88 Å². The molecule has 1 aliphatic rings. The van der Waals surface area contributed by atoms with Gasteiger partial charge < -0.3 is 0 Å². The predicted molar refractivity (Wildman–Crippen MR) is 81.6 cm³/mol. The largest absolute Gasteiger partial charge is 0.416 e. The maximum Gasteiger partial charge on any atom is 0.416 e. The Morgan fingerprint density at radius 3 is 2.30 bits per heavy atom. The van der Waals surface area contributed by atoms with Crippen LogP contribution in [0.5, 0.6) is 0 Å². The Labute approximate surface area is 131 Å². The maximum atomic E-state index is 12.7. The zero-order chi connectivity index (χ0) is 16.0. The van der Waals surface area contributed by atoms with Gasteiger partial charge in [-0.25, -0.2) is 0 Å². The average molecular weight is 312 g/mol. The molecule has 3 aromatic rings. The highest BCUT2D eigenvalue weighted by atomic mass is 19.4. The minimum atomic E-state index is -4.30. The number of nitrogens with zero attached hydrogens (tertiary/aromatic N) is 1. The molecule has 23 heavy (non-hydrogen) atoms. The van der Waals surface area contributed by atoms with Crippen molar-refractivity contribution in [2.45, 2.75) is 12.7 Å². The van der Waals surface area contributed by atoms with Gasteiger partial charge in [-0.1, -0.05) is 24.3 Å². The van der Waals surface area contributed by atoms with Crippen LogP contribution in [0, 0.1) is 0 Å². The lowest BCUT2D eigenvalue weighted by atomic mass is 9.98. The molecule has 0 aliphatic carbocycles. The Kier molecular flexibility index (Phi) is 3.01. The first kappa shape index (κ1) is 14.0. The Morgan fingerprint density at radius 2 is 1.57 bits per heavy atom. The molecule has 2 aromatic carbocycles. The molecule has 0 unspecified atom stereocenters.